The van der Waals surface area contributed by atoms with Gasteiger partial charge in [-0.1, -0.05) is 19.0 Å². The highest BCUT2D eigenvalue weighted by Gasteiger charge is 2.33. The predicted molar refractivity (Wildman–Crippen MR) is 75.0 cm³/mol. The molecule has 3 N–H and O–H groups in total. The first-order valence-corrected chi connectivity index (χ1v) is 6.81. The van der Waals surface area contributed by atoms with Crippen LogP contribution in [0, 0.1) is 11.8 Å². The first-order valence-electron chi connectivity index (χ1n) is 6.81. The van der Waals surface area contributed by atoms with Crippen LogP contribution in [0.5, 0.6) is 0 Å². The summed E-state index contributed by atoms with van der Waals surface area (Å²) in [5.74, 6) is -0.520. The molecule has 0 aliphatic carbocycles. The van der Waals surface area contributed by atoms with E-state index in [2.05, 4.69) is 24.2 Å². The van der Waals surface area contributed by atoms with Gasteiger partial charge in [0.2, 0.25) is 5.91 Å². The molecule has 0 spiro atoms. The average Bonchev–Trinajstić information content (AvgIpc) is 2.38. The van der Waals surface area contributed by atoms with Crippen LogP contribution in [0.3, 0.4) is 0 Å². The number of carbonyl (C=O) groups is 1. The smallest absolute Gasteiger partial charge is 0.233 e. The Kier molecular flexibility index (Phi) is 5.60. The molecule has 1 rings (SSSR count). The first kappa shape index (κ1) is 15.8. The van der Waals surface area contributed by atoms with E-state index in [0.717, 1.165) is 25.9 Å². The SMILES string of the molecule is CC(C)C(C(=O)N1CCC(N(C)C)CC1)C(N)=NO. The molecule has 6 nitrogen and oxygen atoms in total. The Hall–Kier alpha value is -1.30. The van der Waals surface area contributed by atoms with Crippen molar-refractivity contribution >= 4 is 11.7 Å². The summed E-state index contributed by atoms with van der Waals surface area (Å²) >= 11 is 0. The standard InChI is InChI=1S/C13H26N4O2/c1-9(2)11(12(14)15-19)13(18)17-7-5-10(6-8-17)16(3)4/h9-11,19H,5-8H2,1-4H3,(H2,14,15). The molecule has 1 unspecified atom stereocenters. The molecular formula is C13H26N4O2. The zero-order chi connectivity index (χ0) is 14.6. The van der Waals surface area contributed by atoms with Crippen LogP contribution in [0.4, 0.5) is 0 Å². The molecule has 1 fully saturated rings. The highest BCUT2D eigenvalue weighted by Crippen LogP contribution is 2.20. The van der Waals surface area contributed by atoms with Gasteiger partial charge < -0.3 is 20.7 Å². The average molecular weight is 270 g/mol. The summed E-state index contributed by atoms with van der Waals surface area (Å²) in [6.45, 7) is 5.30. The van der Waals surface area contributed by atoms with Gasteiger partial charge in [-0.3, -0.25) is 4.79 Å². The van der Waals surface area contributed by atoms with Crippen LogP contribution in [0.2, 0.25) is 0 Å². The summed E-state index contributed by atoms with van der Waals surface area (Å²) < 4.78 is 0. The van der Waals surface area contributed by atoms with Crippen molar-refractivity contribution in [2.24, 2.45) is 22.7 Å². The molecule has 1 atom stereocenters. The molecule has 0 bridgehead atoms. The number of nitrogens with two attached hydrogens (primary N) is 1. The van der Waals surface area contributed by atoms with Gasteiger partial charge in [0.25, 0.3) is 0 Å². The van der Waals surface area contributed by atoms with Gasteiger partial charge in [0.05, 0.1) is 0 Å². The molecule has 110 valence electrons. The fourth-order valence-corrected chi connectivity index (χ4v) is 2.61. The van der Waals surface area contributed by atoms with Crippen molar-refractivity contribution < 1.29 is 10.0 Å². The van der Waals surface area contributed by atoms with E-state index in [1.807, 2.05) is 18.7 Å². The van der Waals surface area contributed by atoms with E-state index in [1.165, 1.54) is 0 Å². The summed E-state index contributed by atoms with van der Waals surface area (Å²) in [7, 11) is 4.13. The molecule has 0 aromatic carbocycles. The molecule has 0 aromatic heterocycles. The lowest BCUT2D eigenvalue weighted by Crippen LogP contribution is -2.49. The number of hydrogen-bond acceptors (Lipinski definition) is 4. The topological polar surface area (TPSA) is 82.2 Å². The Morgan fingerprint density at radius 3 is 2.26 bits per heavy atom. The molecule has 0 aromatic rings. The van der Waals surface area contributed by atoms with Gasteiger partial charge in [0, 0.05) is 19.1 Å². The molecule has 1 aliphatic rings. The summed E-state index contributed by atoms with van der Waals surface area (Å²) in [5, 5.41) is 11.8. The highest BCUT2D eigenvalue weighted by molar-refractivity contribution is 6.02. The third-order valence-corrected chi connectivity index (χ3v) is 3.87. The van der Waals surface area contributed by atoms with E-state index in [9.17, 15) is 4.79 Å². The third-order valence-electron chi connectivity index (χ3n) is 3.87. The second-order valence-corrected chi connectivity index (χ2v) is 5.77. The lowest BCUT2D eigenvalue weighted by Gasteiger charge is -2.37. The van der Waals surface area contributed by atoms with Crippen LogP contribution >= 0.6 is 0 Å². The maximum absolute atomic E-state index is 12.5. The molecule has 19 heavy (non-hydrogen) atoms. The van der Waals surface area contributed by atoms with Crippen molar-refractivity contribution in [3.63, 3.8) is 0 Å². The zero-order valence-electron chi connectivity index (χ0n) is 12.3. The lowest BCUT2D eigenvalue weighted by atomic mass is 9.92. The number of oxime groups is 1. The highest BCUT2D eigenvalue weighted by atomic mass is 16.4. The number of rotatable bonds is 4. The number of amides is 1. The molecular weight excluding hydrogens is 244 g/mol. The lowest BCUT2D eigenvalue weighted by molar-refractivity contribution is -0.136. The van der Waals surface area contributed by atoms with Gasteiger partial charge in [-0.2, -0.15) is 0 Å². The molecule has 0 saturated carbocycles. The Morgan fingerprint density at radius 1 is 1.37 bits per heavy atom. The van der Waals surface area contributed by atoms with E-state index in [1.54, 1.807) is 0 Å². The van der Waals surface area contributed by atoms with Gasteiger partial charge in [0.1, 0.15) is 5.92 Å². The summed E-state index contributed by atoms with van der Waals surface area (Å²) in [5.41, 5.74) is 5.65. The van der Waals surface area contributed by atoms with Crippen LogP contribution in [-0.2, 0) is 4.79 Å². The zero-order valence-corrected chi connectivity index (χ0v) is 12.3. The normalized spacial score (nSPS) is 20.1. The minimum Gasteiger partial charge on any atom is -0.409 e. The second-order valence-electron chi connectivity index (χ2n) is 5.77. The van der Waals surface area contributed by atoms with Gasteiger partial charge in [-0.25, -0.2) is 0 Å². The summed E-state index contributed by atoms with van der Waals surface area (Å²) in [4.78, 5) is 16.5. The van der Waals surface area contributed by atoms with Crippen LogP contribution in [0.25, 0.3) is 0 Å². The van der Waals surface area contributed by atoms with Gasteiger partial charge in [-0.05, 0) is 32.9 Å². The van der Waals surface area contributed by atoms with E-state index in [0.29, 0.717) is 6.04 Å². The van der Waals surface area contributed by atoms with Crippen molar-refractivity contribution in [3.05, 3.63) is 0 Å². The molecule has 6 heteroatoms. The van der Waals surface area contributed by atoms with E-state index in [4.69, 9.17) is 10.9 Å². The number of hydrogen-bond donors (Lipinski definition) is 2. The Morgan fingerprint density at radius 2 is 1.89 bits per heavy atom. The monoisotopic (exact) mass is 270 g/mol. The van der Waals surface area contributed by atoms with E-state index in [-0.39, 0.29) is 17.7 Å². The molecule has 1 saturated heterocycles. The molecule has 1 heterocycles. The van der Waals surface area contributed by atoms with Crippen LogP contribution < -0.4 is 5.73 Å². The third kappa shape index (κ3) is 3.83. The van der Waals surface area contributed by atoms with Crippen molar-refractivity contribution in [3.8, 4) is 0 Å². The van der Waals surface area contributed by atoms with Crippen LogP contribution in [-0.4, -0.2) is 60.0 Å². The Labute approximate surface area is 115 Å². The van der Waals surface area contributed by atoms with Crippen molar-refractivity contribution in [1.82, 2.24) is 9.80 Å². The largest absolute Gasteiger partial charge is 0.409 e. The van der Waals surface area contributed by atoms with E-state index < -0.39 is 5.92 Å². The molecule has 1 amide bonds. The van der Waals surface area contributed by atoms with Crippen molar-refractivity contribution in [2.45, 2.75) is 32.7 Å². The Balaban J connectivity index is 2.68. The fraction of sp³-hybridized carbons (Fsp3) is 0.846. The first-order chi connectivity index (χ1) is 8.88. The second kappa shape index (κ2) is 6.75. The van der Waals surface area contributed by atoms with Crippen molar-refractivity contribution in [1.29, 1.82) is 0 Å². The number of piperidine rings is 1. The quantitative estimate of drug-likeness (QED) is 0.338. The van der Waals surface area contributed by atoms with E-state index >= 15 is 0 Å². The van der Waals surface area contributed by atoms with Gasteiger partial charge in [-0.15, -0.1) is 0 Å². The van der Waals surface area contributed by atoms with Crippen LogP contribution in [0.15, 0.2) is 5.16 Å². The maximum atomic E-state index is 12.5. The molecule has 1 aliphatic heterocycles. The predicted octanol–water partition coefficient (Wildman–Crippen LogP) is 0.558. The summed E-state index contributed by atoms with van der Waals surface area (Å²) in [6, 6.07) is 0.533. The van der Waals surface area contributed by atoms with Crippen molar-refractivity contribution in [2.75, 3.05) is 27.2 Å². The minimum atomic E-state index is -0.527. The maximum Gasteiger partial charge on any atom is 0.233 e. The minimum absolute atomic E-state index is 0.00901. The number of nitrogens with zero attached hydrogens (tertiary/aromatic N) is 3. The van der Waals surface area contributed by atoms with Crippen LogP contribution in [0.1, 0.15) is 26.7 Å². The van der Waals surface area contributed by atoms with Gasteiger partial charge in [0.15, 0.2) is 5.84 Å². The number of amidine groups is 1. The molecule has 0 radical (unpaired) electrons. The number of likely N-dealkylation sites (tertiary alicyclic amines) is 1. The van der Waals surface area contributed by atoms with Gasteiger partial charge >= 0.3 is 0 Å². The summed E-state index contributed by atoms with van der Waals surface area (Å²) in [6.07, 6.45) is 1.94. The number of carbonyl (C=O) groups excluding carboxylic acids is 1. The fourth-order valence-electron chi connectivity index (χ4n) is 2.61. The Bertz CT molecular complexity index is 334.